The highest BCUT2D eigenvalue weighted by atomic mass is 15.6. The number of hydrogen-bond donors (Lipinski definition) is 1. The summed E-state index contributed by atoms with van der Waals surface area (Å²) >= 11 is 0. The summed E-state index contributed by atoms with van der Waals surface area (Å²) in [4.78, 5) is 2.47. The Labute approximate surface area is 93.8 Å². The van der Waals surface area contributed by atoms with E-state index in [-0.39, 0.29) is 0 Å². The fourth-order valence-corrected chi connectivity index (χ4v) is 2.69. The minimum Gasteiger partial charge on any atom is -0.305 e. The highest BCUT2D eigenvalue weighted by Crippen LogP contribution is 2.30. The predicted molar refractivity (Wildman–Crippen MR) is 63.6 cm³/mol. The third kappa shape index (κ3) is 2.52. The number of hydrazine groups is 1. The summed E-state index contributed by atoms with van der Waals surface area (Å²) in [5.74, 6) is 0. The van der Waals surface area contributed by atoms with Gasteiger partial charge in [0.2, 0.25) is 0 Å². The number of hydrogen-bond acceptors (Lipinski definition) is 3. The van der Waals surface area contributed by atoms with Gasteiger partial charge in [0.1, 0.15) is 0 Å². The van der Waals surface area contributed by atoms with E-state index in [0.717, 1.165) is 6.04 Å². The molecule has 2 fully saturated rings. The second-order valence-corrected chi connectivity index (χ2v) is 6.25. The van der Waals surface area contributed by atoms with Crippen molar-refractivity contribution in [2.24, 2.45) is 5.41 Å². The smallest absolute Gasteiger partial charge is 0.0386 e. The first-order chi connectivity index (χ1) is 6.97. The third-order valence-electron chi connectivity index (χ3n) is 3.78. The van der Waals surface area contributed by atoms with E-state index in [9.17, 15) is 0 Å². The maximum Gasteiger partial charge on any atom is 0.0386 e. The minimum absolute atomic E-state index is 0.380. The van der Waals surface area contributed by atoms with Gasteiger partial charge < -0.3 is 4.90 Å². The summed E-state index contributed by atoms with van der Waals surface area (Å²) < 4.78 is 0. The Kier molecular flexibility index (Phi) is 3.06. The van der Waals surface area contributed by atoms with Crippen LogP contribution in [-0.4, -0.2) is 48.7 Å². The average Bonchev–Trinajstić information content (AvgIpc) is 2.41. The van der Waals surface area contributed by atoms with Gasteiger partial charge in [-0.15, -0.1) is 0 Å². The number of fused-ring (bicyclic) bond motifs is 1. The summed E-state index contributed by atoms with van der Waals surface area (Å²) in [6.45, 7) is 10.7. The molecule has 2 rings (SSSR count). The maximum absolute atomic E-state index is 3.70. The second kappa shape index (κ2) is 4.04. The molecule has 88 valence electrons. The lowest BCUT2D eigenvalue weighted by molar-refractivity contribution is 0.159. The molecule has 2 heterocycles. The first-order valence-corrected chi connectivity index (χ1v) is 6.18. The molecule has 0 amide bonds. The van der Waals surface area contributed by atoms with Crippen molar-refractivity contribution in [2.45, 2.75) is 45.7 Å². The standard InChI is InChI=1S/C12H25N3/c1-12(2,3)11-8-10-9-14(4)6-5-7-15(10)13-11/h10-11,13H,5-9H2,1-4H3. The van der Waals surface area contributed by atoms with Crippen molar-refractivity contribution in [1.82, 2.24) is 15.3 Å². The average molecular weight is 211 g/mol. The molecule has 2 atom stereocenters. The van der Waals surface area contributed by atoms with Crippen molar-refractivity contribution in [2.75, 3.05) is 26.7 Å². The number of rotatable bonds is 0. The Bertz CT molecular complexity index is 221. The first-order valence-electron chi connectivity index (χ1n) is 6.18. The number of nitrogens with one attached hydrogen (secondary N) is 1. The molecule has 15 heavy (non-hydrogen) atoms. The van der Waals surface area contributed by atoms with Gasteiger partial charge in [0, 0.05) is 25.2 Å². The van der Waals surface area contributed by atoms with Crippen LogP contribution >= 0.6 is 0 Å². The van der Waals surface area contributed by atoms with Gasteiger partial charge in [0.25, 0.3) is 0 Å². The zero-order valence-corrected chi connectivity index (χ0v) is 10.6. The lowest BCUT2D eigenvalue weighted by atomic mass is 9.84. The molecule has 0 radical (unpaired) electrons. The van der Waals surface area contributed by atoms with Gasteiger partial charge in [-0.25, -0.2) is 5.01 Å². The molecule has 2 aliphatic heterocycles. The molecular formula is C12H25N3. The van der Waals surface area contributed by atoms with E-state index in [2.05, 4.69) is 43.2 Å². The molecule has 3 nitrogen and oxygen atoms in total. The Morgan fingerprint density at radius 2 is 1.93 bits per heavy atom. The van der Waals surface area contributed by atoms with Gasteiger partial charge in [-0.3, -0.25) is 5.43 Å². The van der Waals surface area contributed by atoms with Crippen LogP contribution in [0.5, 0.6) is 0 Å². The monoisotopic (exact) mass is 211 g/mol. The molecule has 0 aliphatic carbocycles. The molecule has 0 aromatic carbocycles. The summed E-state index contributed by atoms with van der Waals surface area (Å²) in [5.41, 5.74) is 4.08. The van der Waals surface area contributed by atoms with Gasteiger partial charge >= 0.3 is 0 Å². The molecule has 0 spiro atoms. The van der Waals surface area contributed by atoms with Crippen molar-refractivity contribution < 1.29 is 0 Å². The topological polar surface area (TPSA) is 18.5 Å². The summed E-state index contributed by atoms with van der Waals surface area (Å²) in [7, 11) is 2.24. The predicted octanol–water partition coefficient (Wildman–Crippen LogP) is 1.32. The molecular weight excluding hydrogens is 186 g/mol. The maximum atomic E-state index is 3.70. The Morgan fingerprint density at radius 3 is 2.60 bits per heavy atom. The zero-order valence-electron chi connectivity index (χ0n) is 10.6. The van der Waals surface area contributed by atoms with E-state index in [0.29, 0.717) is 11.5 Å². The SMILES string of the molecule is CN1CCCN2NC(C(C)(C)C)CC2C1. The van der Waals surface area contributed by atoms with Crippen molar-refractivity contribution in [1.29, 1.82) is 0 Å². The van der Waals surface area contributed by atoms with Crippen LogP contribution in [0.15, 0.2) is 0 Å². The lowest BCUT2D eigenvalue weighted by Gasteiger charge is -2.28. The molecule has 2 saturated heterocycles. The Morgan fingerprint density at radius 1 is 1.20 bits per heavy atom. The zero-order chi connectivity index (χ0) is 11.1. The largest absolute Gasteiger partial charge is 0.305 e. The molecule has 2 unspecified atom stereocenters. The van der Waals surface area contributed by atoms with Crippen molar-refractivity contribution in [3.63, 3.8) is 0 Å². The second-order valence-electron chi connectivity index (χ2n) is 6.25. The quantitative estimate of drug-likeness (QED) is 0.652. The molecule has 3 heteroatoms. The van der Waals surface area contributed by atoms with Gasteiger partial charge in [-0.1, -0.05) is 20.8 Å². The summed E-state index contributed by atoms with van der Waals surface area (Å²) in [6.07, 6.45) is 2.59. The Balaban J connectivity index is 2.00. The van der Waals surface area contributed by atoms with Crippen LogP contribution in [-0.2, 0) is 0 Å². The van der Waals surface area contributed by atoms with Crippen LogP contribution in [0.3, 0.4) is 0 Å². The molecule has 0 bridgehead atoms. The van der Waals surface area contributed by atoms with Gasteiger partial charge in [-0.05, 0) is 31.8 Å². The fraction of sp³-hybridized carbons (Fsp3) is 1.00. The van der Waals surface area contributed by atoms with Crippen LogP contribution < -0.4 is 5.43 Å². The van der Waals surface area contributed by atoms with E-state index < -0.39 is 0 Å². The summed E-state index contributed by atoms with van der Waals surface area (Å²) in [5, 5.41) is 2.49. The lowest BCUT2D eigenvalue weighted by Crippen LogP contribution is -2.44. The van der Waals surface area contributed by atoms with E-state index in [1.54, 1.807) is 0 Å². The van der Waals surface area contributed by atoms with Crippen LogP contribution in [0.2, 0.25) is 0 Å². The van der Waals surface area contributed by atoms with Crippen LogP contribution in [0.1, 0.15) is 33.6 Å². The third-order valence-corrected chi connectivity index (χ3v) is 3.78. The fourth-order valence-electron chi connectivity index (χ4n) is 2.69. The van der Waals surface area contributed by atoms with E-state index in [1.807, 2.05) is 0 Å². The first kappa shape index (κ1) is 11.4. The highest BCUT2D eigenvalue weighted by molar-refractivity contribution is 4.93. The number of likely N-dealkylation sites (N-methyl/N-ethyl adjacent to an activating group) is 1. The van der Waals surface area contributed by atoms with Crippen molar-refractivity contribution in [3.05, 3.63) is 0 Å². The molecule has 0 aromatic rings. The number of nitrogens with zero attached hydrogens (tertiary/aromatic N) is 2. The minimum atomic E-state index is 0.380. The molecule has 0 aromatic heterocycles. The van der Waals surface area contributed by atoms with E-state index in [4.69, 9.17) is 0 Å². The molecule has 0 saturated carbocycles. The summed E-state index contributed by atoms with van der Waals surface area (Å²) in [6, 6.07) is 1.37. The van der Waals surface area contributed by atoms with Crippen LogP contribution in [0, 0.1) is 5.41 Å². The van der Waals surface area contributed by atoms with Crippen LogP contribution in [0.4, 0.5) is 0 Å². The molecule has 1 N–H and O–H groups in total. The van der Waals surface area contributed by atoms with Gasteiger partial charge in [0.05, 0.1) is 0 Å². The van der Waals surface area contributed by atoms with E-state index >= 15 is 0 Å². The molecule has 2 aliphatic rings. The van der Waals surface area contributed by atoms with Gasteiger partial charge in [-0.2, -0.15) is 0 Å². The Hall–Kier alpha value is -0.120. The van der Waals surface area contributed by atoms with Gasteiger partial charge in [0.15, 0.2) is 0 Å². The van der Waals surface area contributed by atoms with Crippen molar-refractivity contribution in [3.8, 4) is 0 Å². The highest BCUT2D eigenvalue weighted by Gasteiger charge is 2.38. The normalized spacial score (nSPS) is 35.2. The van der Waals surface area contributed by atoms with E-state index in [1.165, 1.54) is 32.5 Å². The van der Waals surface area contributed by atoms with Crippen LogP contribution in [0.25, 0.3) is 0 Å². The van der Waals surface area contributed by atoms with Crippen molar-refractivity contribution >= 4 is 0 Å².